The van der Waals surface area contributed by atoms with Gasteiger partial charge in [-0.3, -0.25) is 14.4 Å². The van der Waals surface area contributed by atoms with Crippen molar-refractivity contribution >= 4 is 17.9 Å². The van der Waals surface area contributed by atoms with E-state index in [1.54, 1.807) is 0 Å². The number of unbranched alkanes of at least 4 members (excludes halogenated alkanes) is 44. The second kappa shape index (κ2) is 55.0. The van der Waals surface area contributed by atoms with Crippen LogP contribution in [0.1, 0.15) is 342 Å². The van der Waals surface area contributed by atoms with Crippen LogP contribution in [0.15, 0.2) is 0 Å². The number of carbonyl (C=O) groups is 3. The Bertz CT molecular complexity index is 967. The van der Waals surface area contributed by atoms with E-state index in [2.05, 4.69) is 20.8 Å². The maximum absolute atomic E-state index is 12.9. The van der Waals surface area contributed by atoms with Gasteiger partial charge in [0.1, 0.15) is 13.2 Å². The molecule has 0 aliphatic heterocycles. The number of esters is 3. The van der Waals surface area contributed by atoms with E-state index >= 15 is 0 Å². The number of ether oxygens (including phenoxy) is 3. The molecule has 6 nitrogen and oxygen atoms in total. The van der Waals surface area contributed by atoms with Crippen molar-refractivity contribution in [2.24, 2.45) is 0 Å². The van der Waals surface area contributed by atoms with Gasteiger partial charge in [0, 0.05) is 19.3 Å². The Kier molecular flexibility index (Phi) is 53.7. The summed E-state index contributed by atoms with van der Waals surface area (Å²) in [5, 5.41) is 0. The van der Waals surface area contributed by atoms with Crippen LogP contribution < -0.4 is 0 Å². The van der Waals surface area contributed by atoms with Crippen molar-refractivity contribution in [3.63, 3.8) is 0 Å². The zero-order valence-corrected chi connectivity index (χ0v) is 44.3. The SMILES string of the molecule is CCCCCCCCCCCCCCCCCCCC(=O)O[C@H](COC(=O)CCCCCCCCCCCCCCCC)COC(=O)CCCCCCCCCCCCCCCCCC. The highest BCUT2D eigenvalue weighted by molar-refractivity contribution is 5.71. The molecule has 0 unspecified atom stereocenters. The van der Waals surface area contributed by atoms with Gasteiger partial charge in [-0.15, -0.1) is 0 Å². The molecule has 0 aromatic carbocycles. The maximum atomic E-state index is 12.9. The Morgan fingerprint density at radius 1 is 0.246 bits per heavy atom. The second-order valence-corrected chi connectivity index (χ2v) is 20.3. The lowest BCUT2D eigenvalue weighted by Gasteiger charge is -2.18. The van der Waals surface area contributed by atoms with Crippen molar-refractivity contribution < 1.29 is 28.6 Å². The van der Waals surface area contributed by atoms with Gasteiger partial charge < -0.3 is 14.2 Å². The monoisotopic (exact) mass is 919 g/mol. The Morgan fingerprint density at radius 3 is 0.615 bits per heavy atom. The summed E-state index contributed by atoms with van der Waals surface area (Å²) in [6.45, 7) is 6.71. The van der Waals surface area contributed by atoms with Gasteiger partial charge >= 0.3 is 17.9 Å². The first kappa shape index (κ1) is 63.4. The van der Waals surface area contributed by atoms with Crippen LogP contribution in [-0.4, -0.2) is 37.2 Å². The molecule has 0 spiro atoms. The molecule has 0 heterocycles. The zero-order chi connectivity index (χ0) is 47.2. The number of rotatable bonds is 55. The average Bonchev–Trinajstić information content (AvgIpc) is 3.30. The Balaban J connectivity index is 4.29. The summed E-state index contributed by atoms with van der Waals surface area (Å²) in [6, 6.07) is 0. The summed E-state index contributed by atoms with van der Waals surface area (Å²) in [5.41, 5.74) is 0. The third-order valence-corrected chi connectivity index (χ3v) is 13.6. The average molecular weight is 920 g/mol. The van der Waals surface area contributed by atoms with Gasteiger partial charge in [-0.2, -0.15) is 0 Å². The molecule has 1 atom stereocenters. The summed E-state index contributed by atoms with van der Waals surface area (Å²) < 4.78 is 16.9. The number of hydrogen-bond acceptors (Lipinski definition) is 6. The van der Waals surface area contributed by atoms with Gasteiger partial charge in [0.05, 0.1) is 0 Å². The van der Waals surface area contributed by atoms with Crippen LogP contribution in [0.3, 0.4) is 0 Å². The predicted octanol–water partition coefficient (Wildman–Crippen LogP) is 19.5. The van der Waals surface area contributed by atoms with E-state index in [0.29, 0.717) is 19.3 Å². The van der Waals surface area contributed by atoms with E-state index in [1.807, 2.05) is 0 Å². The zero-order valence-electron chi connectivity index (χ0n) is 44.3. The van der Waals surface area contributed by atoms with Crippen LogP contribution in [-0.2, 0) is 28.6 Å². The highest BCUT2D eigenvalue weighted by Crippen LogP contribution is 2.18. The molecular weight excluding hydrogens is 805 g/mol. The van der Waals surface area contributed by atoms with E-state index in [4.69, 9.17) is 14.2 Å². The highest BCUT2D eigenvalue weighted by atomic mass is 16.6. The first-order valence-corrected chi connectivity index (χ1v) is 29.5. The molecule has 0 N–H and O–H groups in total. The van der Waals surface area contributed by atoms with Crippen LogP contribution in [0, 0.1) is 0 Å². The smallest absolute Gasteiger partial charge is 0.306 e. The van der Waals surface area contributed by atoms with E-state index in [0.717, 1.165) is 57.8 Å². The summed E-state index contributed by atoms with van der Waals surface area (Å²) in [6.07, 6.45) is 60.9. The van der Waals surface area contributed by atoms with Crippen LogP contribution in [0.2, 0.25) is 0 Å². The summed E-state index contributed by atoms with van der Waals surface area (Å²) in [7, 11) is 0. The minimum Gasteiger partial charge on any atom is -0.462 e. The second-order valence-electron chi connectivity index (χ2n) is 20.3. The molecule has 0 aromatic heterocycles. The first-order chi connectivity index (χ1) is 32.0. The fourth-order valence-electron chi connectivity index (χ4n) is 9.15. The molecule has 0 bridgehead atoms. The van der Waals surface area contributed by atoms with Crippen molar-refractivity contribution in [1.82, 2.24) is 0 Å². The molecule has 0 radical (unpaired) electrons. The van der Waals surface area contributed by atoms with Crippen LogP contribution in [0.25, 0.3) is 0 Å². The van der Waals surface area contributed by atoms with Crippen molar-refractivity contribution in [3.05, 3.63) is 0 Å². The van der Waals surface area contributed by atoms with Gasteiger partial charge in [-0.25, -0.2) is 0 Å². The van der Waals surface area contributed by atoms with Gasteiger partial charge in [-0.1, -0.05) is 303 Å². The Labute approximate surface area is 406 Å². The third kappa shape index (κ3) is 53.2. The van der Waals surface area contributed by atoms with Crippen molar-refractivity contribution in [1.29, 1.82) is 0 Å². The summed E-state index contributed by atoms with van der Waals surface area (Å²) >= 11 is 0. The fourth-order valence-corrected chi connectivity index (χ4v) is 9.15. The fraction of sp³-hybridized carbons (Fsp3) is 0.949. The van der Waals surface area contributed by atoms with Gasteiger partial charge in [-0.05, 0) is 19.3 Å². The first-order valence-electron chi connectivity index (χ1n) is 29.5. The Hall–Kier alpha value is -1.59. The molecule has 0 saturated heterocycles. The molecule has 6 heteroatoms. The molecule has 0 aliphatic rings. The molecule has 0 aromatic rings. The summed E-state index contributed by atoms with van der Waals surface area (Å²) in [5.74, 6) is -0.830. The predicted molar refractivity (Wildman–Crippen MR) is 280 cm³/mol. The molecule has 65 heavy (non-hydrogen) atoms. The van der Waals surface area contributed by atoms with Crippen LogP contribution in [0.4, 0.5) is 0 Å². The largest absolute Gasteiger partial charge is 0.462 e. The highest BCUT2D eigenvalue weighted by Gasteiger charge is 2.19. The molecule has 0 rings (SSSR count). The van der Waals surface area contributed by atoms with E-state index in [-0.39, 0.29) is 31.1 Å². The van der Waals surface area contributed by atoms with E-state index in [9.17, 15) is 14.4 Å². The Morgan fingerprint density at radius 2 is 0.415 bits per heavy atom. The van der Waals surface area contributed by atoms with Crippen LogP contribution >= 0.6 is 0 Å². The molecule has 0 fully saturated rings. The lowest BCUT2D eigenvalue weighted by atomic mass is 10.0. The van der Waals surface area contributed by atoms with Crippen molar-refractivity contribution in [2.45, 2.75) is 348 Å². The minimum atomic E-state index is -0.761. The number of hydrogen-bond donors (Lipinski definition) is 0. The molecule has 0 amide bonds. The molecule has 386 valence electrons. The third-order valence-electron chi connectivity index (χ3n) is 13.6. The van der Waals surface area contributed by atoms with Crippen LogP contribution in [0.5, 0.6) is 0 Å². The lowest BCUT2D eigenvalue weighted by Crippen LogP contribution is -2.30. The van der Waals surface area contributed by atoms with E-state index < -0.39 is 6.10 Å². The van der Waals surface area contributed by atoms with Gasteiger partial charge in [0.2, 0.25) is 0 Å². The topological polar surface area (TPSA) is 78.9 Å². The summed E-state index contributed by atoms with van der Waals surface area (Å²) in [4.78, 5) is 38.2. The lowest BCUT2D eigenvalue weighted by molar-refractivity contribution is -0.167. The molecule has 0 aliphatic carbocycles. The van der Waals surface area contributed by atoms with Crippen molar-refractivity contribution in [2.75, 3.05) is 13.2 Å². The normalized spacial score (nSPS) is 11.9. The quantitative estimate of drug-likeness (QED) is 0.0344. The standard InChI is InChI=1S/C59H114O6/c1-4-7-10-13-16-19-22-25-28-30-32-35-38-41-44-47-50-53-59(62)65-56(54-63-57(60)51-48-45-42-39-36-33-27-24-21-18-15-12-9-6-3)55-64-58(61)52-49-46-43-40-37-34-31-29-26-23-20-17-14-11-8-5-2/h56H,4-55H2,1-3H3/t56-/m1/s1. The molecule has 0 saturated carbocycles. The molecular formula is C59H114O6. The van der Waals surface area contributed by atoms with Gasteiger partial charge in [0.15, 0.2) is 6.10 Å². The number of carbonyl (C=O) groups excluding carboxylic acids is 3. The van der Waals surface area contributed by atoms with E-state index in [1.165, 1.54) is 244 Å². The minimum absolute atomic E-state index is 0.0609. The van der Waals surface area contributed by atoms with Crippen molar-refractivity contribution in [3.8, 4) is 0 Å². The maximum Gasteiger partial charge on any atom is 0.306 e. The van der Waals surface area contributed by atoms with Gasteiger partial charge in [0.25, 0.3) is 0 Å².